The first-order valence-electron chi connectivity index (χ1n) is 4.71. The minimum atomic E-state index is -2.57. The van der Waals surface area contributed by atoms with Crippen LogP contribution in [0.5, 0.6) is 0 Å². The molecule has 1 N–H and O–H groups in total. The van der Waals surface area contributed by atoms with Crippen molar-refractivity contribution in [2.24, 2.45) is 0 Å². The van der Waals surface area contributed by atoms with Crippen LogP contribution in [-0.2, 0) is 22.8 Å². The van der Waals surface area contributed by atoms with E-state index in [2.05, 4.69) is 6.58 Å². The van der Waals surface area contributed by atoms with Gasteiger partial charge in [-0.3, -0.25) is 0 Å². The highest BCUT2D eigenvalue weighted by Gasteiger charge is 2.36. The summed E-state index contributed by atoms with van der Waals surface area (Å²) in [5.41, 5.74) is 0. The molecule has 0 aromatic heterocycles. The molecular weight excluding hydrogens is 232 g/mol. The molecule has 0 aliphatic rings. The van der Waals surface area contributed by atoms with E-state index in [1.165, 1.54) is 21.3 Å². The van der Waals surface area contributed by atoms with Crippen LogP contribution in [0.2, 0.25) is 6.04 Å². The van der Waals surface area contributed by atoms with Gasteiger partial charge in [0.05, 0.1) is 6.61 Å². The summed E-state index contributed by atoms with van der Waals surface area (Å²) >= 11 is 0. The smallest absolute Gasteiger partial charge is 0.487 e. The summed E-state index contributed by atoms with van der Waals surface area (Å²) in [6, 6.07) is 0.559. The van der Waals surface area contributed by atoms with Crippen LogP contribution in [0.1, 0.15) is 6.42 Å². The summed E-state index contributed by atoms with van der Waals surface area (Å²) in [6.07, 6.45) is 0.577. The summed E-state index contributed by atoms with van der Waals surface area (Å²) in [5.74, 6) is -1.42. The van der Waals surface area contributed by atoms with Crippen molar-refractivity contribution < 1.29 is 27.9 Å². The average Bonchev–Trinajstić information content (AvgIpc) is 2.30. The molecule has 0 amide bonds. The van der Waals surface area contributed by atoms with E-state index in [4.69, 9.17) is 23.1 Å². The van der Waals surface area contributed by atoms with Crippen molar-refractivity contribution in [2.45, 2.75) is 12.5 Å². The van der Waals surface area contributed by atoms with Crippen LogP contribution in [0.15, 0.2) is 12.3 Å². The SMILES string of the molecule is C=C(OCCC[Si](OC)(OC)OC)C(=O)O. The van der Waals surface area contributed by atoms with Gasteiger partial charge in [-0.1, -0.05) is 0 Å². The predicted octanol–water partition coefficient (Wildman–Crippen LogP) is 0.870. The van der Waals surface area contributed by atoms with Gasteiger partial charge in [0.15, 0.2) is 5.76 Å². The van der Waals surface area contributed by atoms with E-state index in [9.17, 15) is 4.79 Å². The second-order valence-corrected chi connectivity index (χ2v) is 6.07. The Morgan fingerprint density at radius 2 is 1.75 bits per heavy atom. The van der Waals surface area contributed by atoms with Crippen LogP contribution in [0, 0.1) is 0 Å². The number of hydrogen-bond donors (Lipinski definition) is 1. The van der Waals surface area contributed by atoms with E-state index >= 15 is 0 Å². The van der Waals surface area contributed by atoms with Crippen LogP contribution < -0.4 is 0 Å². The first-order chi connectivity index (χ1) is 7.51. The molecule has 0 atom stereocenters. The minimum Gasteiger partial charge on any atom is -0.487 e. The molecule has 0 bridgehead atoms. The van der Waals surface area contributed by atoms with Gasteiger partial charge in [-0.25, -0.2) is 4.79 Å². The van der Waals surface area contributed by atoms with Gasteiger partial charge in [-0.15, -0.1) is 0 Å². The molecule has 0 aliphatic carbocycles. The number of carboxylic acid groups (broad SMARTS) is 1. The van der Waals surface area contributed by atoms with Gasteiger partial charge in [0, 0.05) is 27.4 Å². The predicted molar refractivity (Wildman–Crippen MR) is 58.9 cm³/mol. The zero-order valence-corrected chi connectivity index (χ0v) is 10.8. The topological polar surface area (TPSA) is 74.2 Å². The fourth-order valence-electron chi connectivity index (χ4n) is 1.10. The van der Waals surface area contributed by atoms with Crippen LogP contribution >= 0.6 is 0 Å². The van der Waals surface area contributed by atoms with Crippen molar-refractivity contribution in [3.8, 4) is 0 Å². The van der Waals surface area contributed by atoms with Crippen molar-refractivity contribution in [3.05, 3.63) is 12.3 Å². The minimum absolute atomic E-state index is 0.246. The van der Waals surface area contributed by atoms with Crippen LogP contribution in [0.25, 0.3) is 0 Å². The Balaban J connectivity index is 3.88. The van der Waals surface area contributed by atoms with E-state index in [0.29, 0.717) is 12.5 Å². The summed E-state index contributed by atoms with van der Waals surface area (Å²) in [5, 5.41) is 8.49. The summed E-state index contributed by atoms with van der Waals surface area (Å²) in [4.78, 5) is 10.4. The van der Waals surface area contributed by atoms with Crippen molar-refractivity contribution in [3.63, 3.8) is 0 Å². The maximum absolute atomic E-state index is 10.4. The second kappa shape index (κ2) is 7.39. The number of rotatable bonds is 9. The zero-order chi connectivity index (χ0) is 12.6. The van der Waals surface area contributed by atoms with Crippen molar-refractivity contribution in [2.75, 3.05) is 27.9 Å². The Morgan fingerprint density at radius 1 is 1.25 bits per heavy atom. The number of hydrogen-bond acceptors (Lipinski definition) is 5. The standard InChI is InChI=1S/C9H18O6Si/c1-8(9(10)11)15-6-5-7-16(12-2,13-3)14-4/h1,5-7H2,2-4H3,(H,10,11). The number of carbonyl (C=O) groups is 1. The molecule has 0 aromatic rings. The molecule has 16 heavy (non-hydrogen) atoms. The third-order valence-corrected chi connectivity index (χ3v) is 4.91. The fourth-order valence-corrected chi connectivity index (χ4v) is 2.79. The van der Waals surface area contributed by atoms with Crippen LogP contribution in [0.4, 0.5) is 0 Å². The quantitative estimate of drug-likeness (QED) is 0.283. The molecule has 0 fully saturated rings. The molecule has 0 aromatic carbocycles. The lowest BCUT2D eigenvalue weighted by molar-refractivity contribution is -0.136. The van der Waals surface area contributed by atoms with Gasteiger partial charge in [-0.2, -0.15) is 0 Å². The molecule has 0 rings (SSSR count). The molecule has 0 saturated heterocycles. The maximum atomic E-state index is 10.4. The van der Waals surface area contributed by atoms with Gasteiger partial charge in [-0.05, 0) is 13.0 Å². The van der Waals surface area contributed by atoms with Crippen molar-refractivity contribution in [1.82, 2.24) is 0 Å². The zero-order valence-electron chi connectivity index (χ0n) is 9.82. The van der Waals surface area contributed by atoms with E-state index in [1.54, 1.807) is 0 Å². The lowest BCUT2D eigenvalue weighted by Gasteiger charge is -2.24. The third kappa shape index (κ3) is 4.75. The molecule has 0 saturated carbocycles. The largest absolute Gasteiger partial charge is 0.500 e. The first-order valence-corrected chi connectivity index (χ1v) is 6.65. The number of carboxylic acids is 1. The lowest BCUT2D eigenvalue weighted by atomic mass is 10.5. The monoisotopic (exact) mass is 250 g/mol. The van der Waals surface area contributed by atoms with Crippen molar-refractivity contribution in [1.29, 1.82) is 0 Å². The molecule has 0 heterocycles. The van der Waals surface area contributed by atoms with Gasteiger partial charge in [0.2, 0.25) is 0 Å². The van der Waals surface area contributed by atoms with E-state index < -0.39 is 14.8 Å². The number of ether oxygens (including phenoxy) is 1. The highest BCUT2D eigenvalue weighted by Crippen LogP contribution is 2.15. The Hall–Kier alpha value is -0.893. The van der Waals surface area contributed by atoms with Gasteiger partial charge >= 0.3 is 14.8 Å². The Kier molecular flexibility index (Phi) is 6.98. The van der Waals surface area contributed by atoms with E-state index in [1.807, 2.05) is 0 Å². The number of aliphatic carboxylic acids is 1. The van der Waals surface area contributed by atoms with Gasteiger partial charge < -0.3 is 23.1 Å². The molecule has 0 spiro atoms. The van der Waals surface area contributed by atoms with E-state index in [-0.39, 0.29) is 12.4 Å². The maximum Gasteiger partial charge on any atom is 0.500 e. The molecule has 0 radical (unpaired) electrons. The summed E-state index contributed by atoms with van der Waals surface area (Å²) in [7, 11) is 2.00. The third-order valence-electron chi connectivity index (χ3n) is 2.08. The van der Waals surface area contributed by atoms with Crippen molar-refractivity contribution >= 4 is 14.8 Å². The lowest BCUT2D eigenvalue weighted by Crippen LogP contribution is -2.42. The van der Waals surface area contributed by atoms with Crippen LogP contribution in [0.3, 0.4) is 0 Å². The highest BCUT2D eigenvalue weighted by atomic mass is 28.4. The summed E-state index contributed by atoms with van der Waals surface area (Å²) in [6.45, 7) is 3.49. The fraction of sp³-hybridized carbons (Fsp3) is 0.667. The molecule has 7 heteroatoms. The van der Waals surface area contributed by atoms with E-state index in [0.717, 1.165) is 0 Å². The first kappa shape index (κ1) is 15.1. The Labute approximate surface area is 96.1 Å². The Bertz CT molecular complexity index is 230. The second-order valence-electron chi connectivity index (χ2n) is 2.98. The summed E-state index contributed by atoms with van der Waals surface area (Å²) < 4.78 is 20.5. The average molecular weight is 250 g/mol. The molecule has 6 nitrogen and oxygen atoms in total. The molecule has 0 aliphatic heterocycles. The molecule has 94 valence electrons. The molecular formula is C9H18O6Si. The molecule has 0 unspecified atom stereocenters. The van der Waals surface area contributed by atoms with Gasteiger partial charge in [0.25, 0.3) is 0 Å². The Morgan fingerprint density at radius 3 is 2.12 bits per heavy atom. The van der Waals surface area contributed by atoms with Gasteiger partial charge in [0.1, 0.15) is 0 Å². The highest BCUT2D eigenvalue weighted by molar-refractivity contribution is 6.60. The normalized spacial score (nSPS) is 11.2. The van der Waals surface area contributed by atoms with Crippen LogP contribution in [-0.4, -0.2) is 47.8 Å².